The number of benzene rings is 1. The monoisotopic (exact) mass is 268 g/mol. The first-order chi connectivity index (χ1) is 9.19. The molecule has 1 amide bonds. The maximum Gasteiger partial charge on any atom is 0.260 e. The lowest BCUT2D eigenvalue weighted by molar-refractivity contribution is -0.134. The number of nitrogen functional groups attached to an aromatic ring is 1. The van der Waals surface area contributed by atoms with Crippen LogP contribution < -0.4 is 10.5 Å². The number of methoxy groups -OCH3 is 1. The van der Waals surface area contributed by atoms with Gasteiger partial charge in [0.25, 0.3) is 5.91 Å². The van der Waals surface area contributed by atoms with Crippen LogP contribution in [0.4, 0.5) is 5.69 Å². The van der Waals surface area contributed by atoms with Crippen molar-refractivity contribution in [3.05, 3.63) is 24.3 Å². The summed E-state index contributed by atoms with van der Waals surface area (Å²) in [6.07, 6.45) is 0. The van der Waals surface area contributed by atoms with E-state index in [0.717, 1.165) is 0 Å². The Kier molecular flexibility index (Phi) is 6.70. The number of nitrogens with two attached hydrogens (primary N) is 1. The van der Waals surface area contributed by atoms with Gasteiger partial charge in [0.2, 0.25) is 0 Å². The van der Waals surface area contributed by atoms with E-state index in [1.54, 1.807) is 31.4 Å². The number of aliphatic hydroxyl groups is 1. The lowest BCUT2D eigenvalue weighted by atomic mass is 10.3. The fourth-order valence-corrected chi connectivity index (χ4v) is 1.53. The maximum atomic E-state index is 11.9. The van der Waals surface area contributed by atoms with E-state index in [4.69, 9.17) is 20.3 Å². The fraction of sp³-hybridized carbons (Fsp3) is 0.462. The first-order valence-electron chi connectivity index (χ1n) is 6.04. The minimum atomic E-state index is -0.214. The molecule has 0 bridgehead atoms. The van der Waals surface area contributed by atoms with Crippen LogP contribution in [0.3, 0.4) is 0 Å². The molecule has 6 heteroatoms. The van der Waals surface area contributed by atoms with Gasteiger partial charge in [-0.1, -0.05) is 12.1 Å². The van der Waals surface area contributed by atoms with Crippen LogP contribution in [-0.2, 0) is 9.53 Å². The summed E-state index contributed by atoms with van der Waals surface area (Å²) >= 11 is 0. The molecule has 0 aliphatic rings. The highest BCUT2D eigenvalue weighted by Gasteiger charge is 2.13. The molecule has 1 rings (SSSR count). The van der Waals surface area contributed by atoms with Crippen LogP contribution in [0.2, 0.25) is 0 Å². The second kappa shape index (κ2) is 8.34. The molecule has 106 valence electrons. The van der Waals surface area contributed by atoms with Crippen LogP contribution in [-0.4, -0.2) is 55.9 Å². The number of para-hydroxylation sites is 2. The van der Waals surface area contributed by atoms with E-state index in [9.17, 15) is 4.79 Å². The molecule has 0 unspecified atom stereocenters. The average molecular weight is 268 g/mol. The number of amides is 1. The molecular weight excluding hydrogens is 248 g/mol. The molecule has 0 saturated heterocycles. The summed E-state index contributed by atoms with van der Waals surface area (Å²) in [4.78, 5) is 13.4. The van der Waals surface area contributed by atoms with Crippen molar-refractivity contribution in [3.8, 4) is 5.75 Å². The number of hydrogen-bond acceptors (Lipinski definition) is 5. The van der Waals surface area contributed by atoms with Crippen molar-refractivity contribution in [1.29, 1.82) is 0 Å². The number of ether oxygens (including phenoxy) is 2. The van der Waals surface area contributed by atoms with E-state index in [-0.39, 0.29) is 25.7 Å². The highest BCUT2D eigenvalue weighted by Crippen LogP contribution is 2.19. The Bertz CT molecular complexity index is 398. The number of aliphatic hydroxyl groups excluding tert-OH is 1. The summed E-state index contributed by atoms with van der Waals surface area (Å²) in [5, 5.41) is 8.92. The van der Waals surface area contributed by atoms with E-state index in [0.29, 0.717) is 24.6 Å². The molecule has 0 atom stereocenters. The number of rotatable bonds is 8. The topological polar surface area (TPSA) is 85.0 Å². The van der Waals surface area contributed by atoms with Gasteiger partial charge in [-0.25, -0.2) is 0 Å². The van der Waals surface area contributed by atoms with Crippen molar-refractivity contribution in [2.75, 3.05) is 45.8 Å². The third-order valence-electron chi connectivity index (χ3n) is 2.56. The zero-order valence-corrected chi connectivity index (χ0v) is 11.0. The van der Waals surface area contributed by atoms with E-state index < -0.39 is 0 Å². The standard InChI is InChI=1S/C13H20N2O4/c1-18-9-7-15(6-8-16)13(17)10-19-12-5-3-2-4-11(12)14/h2-5,16H,6-10,14H2,1H3. The third kappa shape index (κ3) is 5.15. The SMILES string of the molecule is COCCN(CCO)C(=O)COc1ccccc1N. The molecule has 1 aromatic rings. The van der Waals surface area contributed by atoms with Gasteiger partial charge in [-0.3, -0.25) is 4.79 Å². The van der Waals surface area contributed by atoms with E-state index in [1.807, 2.05) is 0 Å². The number of carbonyl (C=O) groups is 1. The Hall–Kier alpha value is -1.79. The van der Waals surface area contributed by atoms with Gasteiger partial charge in [-0.05, 0) is 12.1 Å². The molecule has 0 heterocycles. The maximum absolute atomic E-state index is 11.9. The minimum absolute atomic E-state index is 0.0943. The summed E-state index contributed by atoms with van der Waals surface area (Å²) in [7, 11) is 1.56. The molecule has 6 nitrogen and oxygen atoms in total. The Morgan fingerprint density at radius 2 is 2.11 bits per heavy atom. The molecule has 3 N–H and O–H groups in total. The summed E-state index contributed by atoms with van der Waals surface area (Å²) in [6.45, 7) is 0.888. The number of anilines is 1. The molecule has 0 aromatic heterocycles. The Morgan fingerprint density at radius 3 is 2.74 bits per heavy atom. The summed E-state index contributed by atoms with van der Waals surface area (Å²) in [6, 6.07) is 6.98. The van der Waals surface area contributed by atoms with Crippen molar-refractivity contribution in [1.82, 2.24) is 4.90 Å². The molecule has 1 aromatic carbocycles. The van der Waals surface area contributed by atoms with Gasteiger partial charge in [0.05, 0.1) is 18.9 Å². The first-order valence-corrected chi connectivity index (χ1v) is 6.04. The van der Waals surface area contributed by atoms with Crippen molar-refractivity contribution in [2.24, 2.45) is 0 Å². The van der Waals surface area contributed by atoms with Gasteiger partial charge in [0.1, 0.15) is 5.75 Å². The second-order valence-electron chi connectivity index (χ2n) is 3.92. The van der Waals surface area contributed by atoms with Crippen molar-refractivity contribution >= 4 is 11.6 Å². The van der Waals surface area contributed by atoms with Crippen molar-refractivity contribution in [2.45, 2.75) is 0 Å². The third-order valence-corrected chi connectivity index (χ3v) is 2.56. The second-order valence-corrected chi connectivity index (χ2v) is 3.92. The predicted molar refractivity (Wildman–Crippen MR) is 71.9 cm³/mol. The molecule has 0 fully saturated rings. The van der Waals surface area contributed by atoms with Crippen LogP contribution in [0.25, 0.3) is 0 Å². The smallest absolute Gasteiger partial charge is 0.260 e. The molecule has 0 spiro atoms. The fourth-order valence-electron chi connectivity index (χ4n) is 1.53. The van der Waals surface area contributed by atoms with Crippen molar-refractivity contribution < 1.29 is 19.4 Å². The molecule has 0 saturated carbocycles. The number of nitrogens with zero attached hydrogens (tertiary/aromatic N) is 1. The highest BCUT2D eigenvalue weighted by molar-refractivity contribution is 5.78. The zero-order valence-electron chi connectivity index (χ0n) is 11.0. The Labute approximate surface area is 112 Å². The van der Waals surface area contributed by atoms with Crippen molar-refractivity contribution in [3.63, 3.8) is 0 Å². The molecule has 0 radical (unpaired) electrons. The van der Waals surface area contributed by atoms with Crippen LogP contribution in [0, 0.1) is 0 Å². The molecule has 0 aliphatic carbocycles. The lowest BCUT2D eigenvalue weighted by Crippen LogP contribution is -2.39. The number of carbonyl (C=O) groups excluding carboxylic acids is 1. The summed E-state index contributed by atoms with van der Waals surface area (Å²) < 4.78 is 10.3. The zero-order chi connectivity index (χ0) is 14.1. The Morgan fingerprint density at radius 1 is 1.37 bits per heavy atom. The molecular formula is C13H20N2O4. The van der Waals surface area contributed by atoms with Crippen LogP contribution in [0.15, 0.2) is 24.3 Å². The lowest BCUT2D eigenvalue weighted by Gasteiger charge is -2.21. The van der Waals surface area contributed by atoms with Gasteiger partial charge < -0.3 is 25.2 Å². The van der Waals surface area contributed by atoms with Crippen LogP contribution in [0.1, 0.15) is 0 Å². The van der Waals surface area contributed by atoms with Gasteiger partial charge in [0.15, 0.2) is 6.61 Å². The largest absolute Gasteiger partial charge is 0.482 e. The average Bonchev–Trinajstić information content (AvgIpc) is 2.42. The quantitative estimate of drug-likeness (QED) is 0.654. The van der Waals surface area contributed by atoms with Gasteiger partial charge in [-0.2, -0.15) is 0 Å². The van der Waals surface area contributed by atoms with E-state index >= 15 is 0 Å². The van der Waals surface area contributed by atoms with Crippen LogP contribution >= 0.6 is 0 Å². The number of hydrogen-bond donors (Lipinski definition) is 2. The summed E-state index contributed by atoms with van der Waals surface area (Å²) in [5.74, 6) is 0.265. The molecule has 0 aliphatic heterocycles. The van der Waals surface area contributed by atoms with Gasteiger partial charge >= 0.3 is 0 Å². The van der Waals surface area contributed by atoms with E-state index in [2.05, 4.69) is 0 Å². The van der Waals surface area contributed by atoms with Gasteiger partial charge in [-0.15, -0.1) is 0 Å². The minimum Gasteiger partial charge on any atom is -0.482 e. The van der Waals surface area contributed by atoms with Crippen LogP contribution in [0.5, 0.6) is 5.75 Å². The predicted octanol–water partition coefficient (Wildman–Crippen LogP) is 0.115. The highest BCUT2D eigenvalue weighted by atomic mass is 16.5. The van der Waals surface area contributed by atoms with E-state index in [1.165, 1.54) is 4.90 Å². The molecule has 19 heavy (non-hydrogen) atoms. The van der Waals surface area contributed by atoms with Gasteiger partial charge in [0, 0.05) is 20.2 Å². The first kappa shape index (κ1) is 15.3. The summed E-state index contributed by atoms with van der Waals surface area (Å²) in [5.41, 5.74) is 6.20. The normalized spacial score (nSPS) is 10.2. The Balaban J connectivity index is 2.50.